The summed E-state index contributed by atoms with van der Waals surface area (Å²) in [5.41, 5.74) is 2.12. The van der Waals surface area contributed by atoms with E-state index in [4.69, 9.17) is 4.74 Å². The van der Waals surface area contributed by atoms with Gasteiger partial charge in [0.15, 0.2) is 5.16 Å². The van der Waals surface area contributed by atoms with Gasteiger partial charge in [-0.3, -0.25) is 9.59 Å². The second kappa shape index (κ2) is 10.3. The number of carbonyl (C=O) groups is 1. The average Bonchev–Trinajstić information content (AvgIpc) is 2.67. The van der Waals surface area contributed by atoms with Crippen molar-refractivity contribution in [2.24, 2.45) is 0 Å². The maximum Gasteiger partial charge on any atom is 0.254 e. The molecule has 8 heteroatoms. The maximum absolute atomic E-state index is 12.4. The number of ether oxygens (including phenoxy) is 1. The Labute approximate surface area is 169 Å². The lowest BCUT2D eigenvalue weighted by Gasteiger charge is -2.25. The largest absolute Gasteiger partial charge is 0.497 e. The molecule has 1 amide bonds. The van der Waals surface area contributed by atoms with Gasteiger partial charge in [-0.2, -0.15) is 0 Å². The van der Waals surface area contributed by atoms with Crippen molar-refractivity contribution in [3.8, 4) is 5.75 Å². The Kier molecular flexibility index (Phi) is 8.07. The van der Waals surface area contributed by atoms with Gasteiger partial charge < -0.3 is 19.9 Å². The second-order valence-corrected chi connectivity index (χ2v) is 7.49. The first-order valence-electron chi connectivity index (χ1n) is 9.06. The summed E-state index contributed by atoms with van der Waals surface area (Å²) in [5, 5.41) is 3.56. The summed E-state index contributed by atoms with van der Waals surface area (Å²) in [6.07, 6.45) is 2.46. The number of aromatic amines is 1. The normalized spacial score (nSPS) is 12.1. The summed E-state index contributed by atoms with van der Waals surface area (Å²) in [6.45, 7) is 2.27. The summed E-state index contributed by atoms with van der Waals surface area (Å²) in [4.78, 5) is 33.7. The molecule has 7 nitrogen and oxygen atoms in total. The van der Waals surface area contributed by atoms with E-state index in [9.17, 15) is 9.59 Å². The average molecular weight is 405 g/mol. The number of nitrogens with one attached hydrogen (secondary N) is 2. The molecule has 1 heterocycles. The lowest BCUT2D eigenvalue weighted by Crippen LogP contribution is -2.35. The molecule has 0 bridgehead atoms. The third-order valence-electron chi connectivity index (χ3n) is 4.59. The molecule has 1 atom stereocenters. The molecule has 0 radical (unpaired) electrons. The van der Waals surface area contributed by atoms with E-state index in [-0.39, 0.29) is 23.9 Å². The van der Waals surface area contributed by atoms with E-state index in [2.05, 4.69) is 20.2 Å². The summed E-state index contributed by atoms with van der Waals surface area (Å²) >= 11 is 1.39. The Morgan fingerprint density at radius 3 is 2.75 bits per heavy atom. The fraction of sp³-hybridized carbons (Fsp3) is 0.450. The molecule has 1 aromatic carbocycles. The highest BCUT2D eigenvalue weighted by Crippen LogP contribution is 2.22. The number of rotatable bonds is 9. The zero-order valence-corrected chi connectivity index (χ0v) is 17.9. The highest BCUT2D eigenvalue weighted by atomic mass is 32.2. The summed E-state index contributed by atoms with van der Waals surface area (Å²) in [5.74, 6) is 0.689. The van der Waals surface area contributed by atoms with Crippen LogP contribution in [0.15, 0.2) is 34.2 Å². The third-order valence-corrected chi connectivity index (χ3v) is 5.17. The van der Waals surface area contributed by atoms with E-state index < -0.39 is 0 Å². The van der Waals surface area contributed by atoms with Crippen LogP contribution in [0.1, 0.15) is 29.3 Å². The molecule has 0 saturated carbocycles. The van der Waals surface area contributed by atoms with Gasteiger partial charge in [-0.15, -0.1) is 0 Å². The number of aromatic nitrogens is 2. The van der Waals surface area contributed by atoms with Crippen molar-refractivity contribution in [2.45, 2.75) is 31.0 Å². The minimum absolute atomic E-state index is 0.0201. The zero-order valence-electron chi connectivity index (χ0n) is 17.0. The number of aryl methyl sites for hydroxylation is 1. The van der Waals surface area contributed by atoms with Crippen LogP contribution in [0.2, 0.25) is 0 Å². The molecule has 0 spiro atoms. The Hall–Kier alpha value is -2.32. The van der Waals surface area contributed by atoms with Crippen molar-refractivity contribution in [3.63, 3.8) is 0 Å². The monoisotopic (exact) mass is 404 g/mol. The molecule has 2 rings (SSSR count). The minimum atomic E-state index is -0.174. The van der Waals surface area contributed by atoms with Gasteiger partial charge in [-0.05, 0) is 51.4 Å². The van der Waals surface area contributed by atoms with Gasteiger partial charge in [-0.25, -0.2) is 4.98 Å². The van der Waals surface area contributed by atoms with Gasteiger partial charge in [0, 0.05) is 24.2 Å². The lowest BCUT2D eigenvalue weighted by molar-refractivity contribution is -0.121. The Bertz CT molecular complexity index is 867. The standard InChI is InChI=1S/C20H28N4O3S/c1-13-16(19(26)23-20(22-13)28-5)9-10-18(25)21-12-17(24(2)3)14-7-6-8-15(11-14)27-4/h6-8,11,17H,9-10,12H2,1-5H3,(H,21,25)(H,22,23,26). The molecule has 0 saturated heterocycles. The van der Waals surface area contributed by atoms with Gasteiger partial charge in [0.05, 0.1) is 13.2 Å². The van der Waals surface area contributed by atoms with E-state index in [1.165, 1.54) is 11.8 Å². The van der Waals surface area contributed by atoms with Gasteiger partial charge in [0.1, 0.15) is 5.75 Å². The number of thioether (sulfide) groups is 1. The molecular formula is C20H28N4O3S. The van der Waals surface area contributed by atoms with Crippen LogP contribution >= 0.6 is 11.8 Å². The van der Waals surface area contributed by atoms with E-state index in [1.807, 2.05) is 44.6 Å². The van der Waals surface area contributed by atoms with Crippen LogP contribution in [0.5, 0.6) is 5.75 Å². The molecular weight excluding hydrogens is 376 g/mol. The number of H-pyrrole nitrogens is 1. The van der Waals surface area contributed by atoms with Gasteiger partial charge in [-0.1, -0.05) is 23.9 Å². The number of methoxy groups -OCH3 is 1. The van der Waals surface area contributed by atoms with Gasteiger partial charge >= 0.3 is 0 Å². The Balaban J connectivity index is 1.98. The van der Waals surface area contributed by atoms with Crippen molar-refractivity contribution in [2.75, 3.05) is 34.0 Å². The number of amides is 1. The highest BCUT2D eigenvalue weighted by molar-refractivity contribution is 7.98. The van der Waals surface area contributed by atoms with Crippen molar-refractivity contribution in [3.05, 3.63) is 51.4 Å². The van der Waals surface area contributed by atoms with Crippen LogP contribution in [-0.2, 0) is 11.2 Å². The summed E-state index contributed by atoms with van der Waals surface area (Å²) in [7, 11) is 5.58. The molecule has 0 aliphatic carbocycles. The first kappa shape index (κ1) is 22.0. The first-order chi connectivity index (χ1) is 13.3. The number of nitrogens with zero attached hydrogens (tertiary/aromatic N) is 2. The van der Waals surface area contributed by atoms with E-state index in [0.29, 0.717) is 29.4 Å². The Morgan fingerprint density at radius 2 is 2.14 bits per heavy atom. The first-order valence-corrected chi connectivity index (χ1v) is 10.3. The number of hydrogen-bond donors (Lipinski definition) is 2. The van der Waals surface area contributed by atoms with Gasteiger partial charge in [0.2, 0.25) is 5.91 Å². The molecule has 0 fully saturated rings. The smallest absolute Gasteiger partial charge is 0.254 e. The highest BCUT2D eigenvalue weighted by Gasteiger charge is 2.17. The van der Waals surface area contributed by atoms with Crippen LogP contribution < -0.4 is 15.6 Å². The zero-order chi connectivity index (χ0) is 20.7. The van der Waals surface area contributed by atoms with Crippen LogP contribution in [0.4, 0.5) is 0 Å². The Morgan fingerprint density at radius 1 is 1.39 bits per heavy atom. The molecule has 1 unspecified atom stereocenters. The van der Waals surface area contributed by atoms with E-state index >= 15 is 0 Å². The van der Waals surface area contributed by atoms with E-state index in [1.54, 1.807) is 14.0 Å². The topological polar surface area (TPSA) is 87.3 Å². The van der Waals surface area contributed by atoms with Gasteiger partial charge in [0.25, 0.3) is 5.56 Å². The van der Waals surface area contributed by atoms with Crippen molar-refractivity contribution >= 4 is 17.7 Å². The second-order valence-electron chi connectivity index (χ2n) is 6.70. The molecule has 0 aliphatic heterocycles. The van der Waals surface area contributed by atoms with Crippen LogP contribution in [0.25, 0.3) is 0 Å². The summed E-state index contributed by atoms with van der Waals surface area (Å²) < 4.78 is 5.29. The fourth-order valence-electron chi connectivity index (χ4n) is 2.96. The number of carbonyl (C=O) groups excluding carboxylic acids is 1. The van der Waals surface area contributed by atoms with Crippen molar-refractivity contribution in [1.29, 1.82) is 0 Å². The van der Waals surface area contributed by atoms with Crippen molar-refractivity contribution < 1.29 is 9.53 Å². The SMILES string of the molecule is COc1cccc(C(CNC(=O)CCc2c(C)nc(SC)[nH]c2=O)N(C)C)c1. The summed E-state index contributed by atoms with van der Waals surface area (Å²) in [6, 6.07) is 7.84. The fourth-order valence-corrected chi connectivity index (χ4v) is 3.38. The molecule has 152 valence electrons. The van der Waals surface area contributed by atoms with E-state index in [0.717, 1.165) is 11.3 Å². The minimum Gasteiger partial charge on any atom is -0.497 e. The molecule has 2 N–H and O–H groups in total. The predicted molar refractivity (Wildman–Crippen MR) is 112 cm³/mol. The molecule has 2 aromatic rings. The lowest BCUT2D eigenvalue weighted by atomic mass is 10.1. The molecule has 28 heavy (non-hydrogen) atoms. The van der Waals surface area contributed by atoms with Crippen LogP contribution in [0.3, 0.4) is 0 Å². The van der Waals surface area contributed by atoms with Crippen LogP contribution in [-0.4, -0.2) is 54.8 Å². The quantitative estimate of drug-likeness (QED) is 0.492. The predicted octanol–water partition coefficient (Wildman–Crippen LogP) is 2.16. The molecule has 0 aliphatic rings. The maximum atomic E-state index is 12.4. The molecule has 1 aromatic heterocycles. The van der Waals surface area contributed by atoms with Crippen LogP contribution in [0, 0.1) is 6.92 Å². The van der Waals surface area contributed by atoms with Crippen molar-refractivity contribution in [1.82, 2.24) is 20.2 Å². The third kappa shape index (κ3) is 5.84. The number of benzene rings is 1. The number of hydrogen-bond acceptors (Lipinski definition) is 6. The number of likely N-dealkylation sites (N-methyl/N-ethyl adjacent to an activating group) is 1.